The molecular formula is C22H33N5. The van der Waals surface area contributed by atoms with Gasteiger partial charge in [0.2, 0.25) is 0 Å². The average molecular weight is 368 g/mol. The minimum atomic E-state index is -0.751. The van der Waals surface area contributed by atoms with E-state index in [1.165, 1.54) is 37.7 Å². The molecule has 0 spiro atoms. The van der Waals surface area contributed by atoms with Crippen LogP contribution >= 0.6 is 0 Å². The number of nitrogens with one attached hydrogen (secondary N) is 1. The number of hydrogen-bond donors (Lipinski definition) is 3. The van der Waals surface area contributed by atoms with Crippen molar-refractivity contribution in [2.75, 3.05) is 13.6 Å². The van der Waals surface area contributed by atoms with Crippen molar-refractivity contribution in [2.45, 2.75) is 64.0 Å². The largest absolute Gasteiger partial charge is 0.400 e. The Kier molecular flexibility index (Phi) is 6.12. The summed E-state index contributed by atoms with van der Waals surface area (Å²) in [7, 11) is 1.87. The first-order valence-electron chi connectivity index (χ1n) is 10.2. The highest BCUT2D eigenvalue weighted by atomic mass is 15.1. The first-order chi connectivity index (χ1) is 13.0. The molecule has 1 atom stereocenters. The van der Waals surface area contributed by atoms with Crippen molar-refractivity contribution in [1.82, 2.24) is 5.32 Å². The Balaban J connectivity index is 1.98. The smallest absolute Gasteiger partial charge is 0.116 e. The first kappa shape index (κ1) is 19.8. The summed E-state index contributed by atoms with van der Waals surface area (Å²) in [6.45, 7) is 4.57. The van der Waals surface area contributed by atoms with Gasteiger partial charge >= 0.3 is 0 Å². The van der Waals surface area contributed by atoms with Crippen molar-refractivity contribution in [3.63, 3.8) is 0 Å². The molecule has 1 unspecified atom stereocenters. The van der Waals surface area contributed by atoms with Crippen molar-refractivity contribution >= 4 is 11.4 Å². The Morgan fingerprint density at radius 3 is 2.44 bits per heavy atom. The van der Waals surface area contributed by atoms with Gasteiger partial charge in [0.25, 0.3) is 0 Å². The predicted molar refractivity (Wildman–Crippen MR) is 114 cm³/mol. The van der Waals surface area contributed by atoms with Crippen molar-refractivity contribution < 1.29 is 0 Å². The SMILES string of the molecule is CC/N=C1/CC(N)(NC)C(c2ccc(C3CCCCC3)cc2)=N/C1=C(/C)N. The monoisotopic (exact) mass is 367 g/mol. The third kappa shape index (κ3) is 4.14. The Morgan fingerprint density at radius 2 is 1.89 bits per heavy atom. The van der Waals surface area contributed by atoms with Crippen molar-refractivity contribution in [3.8, 4) is 0 Å². The van der Waals surface area contributed by atoms with Crippen LogP contribution in [0.2, 0.25) is 0 Å². The van der Waals surface area contributed by atoms with E-state index in [1.54, 1.807) is 0 Å². The fraction of sp³-hybridized carbons (Fsp3) is 0.545. The van der Waals surface area contributed by atoms with Crippen LogP contribution in [0.1, 0.15) is 69.4 Å². The Hall–Kier alpha value is -1.98. The average Bonchev–Trinajstić information content (AvgIpc) is 2.69. The Morgan fingerprint density at radius 1 is 1.22 bits per heavy atom. The van der Waals surface area contributed by atoms with Gasteiger partial charge in [-0.3, -0.25) is 10.3 Å². The molecule has 0 bridgehead atoms. The molecule has 2 aliphatic rings. The van der Waals surface area contributed by atoms with E-state index in [0.717, 1.165) is 22.7 Å². The van der Waals surface area contributed by atoms with Crippen molar-refractivity contribution in [3.05, 3.63) is 46.8 Å². The van der Waals surface area contributed by atoms with E-state index in [2.05, 4.69) is 34.6 Å². The molecule has 1 fully saturated rings. The molecule has 5 heteroatoms. The summed E-state index contributed by atoms with van der Waals surface area (Å²) in [5, 5.41) is 3.26. The molecule has 0 aromatic heterocycles. The summed E-state index contributed by atoms with van der Waals surface area (Å²) in [5.74, 6) is 0.693. The summed E-state index contributed by atoms with van der Waals surface area (Å²) >= 11 is 0. The van der Waals surface area contributed by atoms with E-state index in [-0.39, 0.29) is 0 Å². The second-order valence-electron chi connectivity index (χ2n) is 7.77. The van der Waals surface area contributed by atoms with E-state index in [9.17, 15) is 0 Å². The van der Waals surface area contributed by atoms with Gasteiger partial charge in [-0.25, -0.2) is 4.99 Å². The molecule has 1 heterocycles. The lowest BCUT2D eigenvalue weighted by molar-refractivity contribution is 0.443. The van der Waals surface area contributed by atoms with Gasteiger partial charge in [0.1, 0.15) is 11.4 Å². The molecule has 1 aliphatic heterocycles. The fourth-order valence-electron chi connectivity index (χ4n) is 4.22. The van der Waals surface area contributed by atoms with Gasteiger partial charge in [-0.05, 0) is 50.8 Å². The van der Waals surface area contributed by atoms with Gasteiger partial charge in [-0.1, -0.05) is 43.5 Å². The maximum absolute atomic E-state index is 6.71. The predicted octanol–water partition coefficient (Wildman–Crippen LogP) is 3.45. The van der Waals surface area contributed by atoms with Crippen LogP contribution in [0.4, 0.5) is 0 Å². The fourth-order valence-corrected chi connectivity index (χ4v) is 4.22. The molecule has 3 rings (SSSR count). The molecule has 1 aromatic carbocycles. The molecule has 0 amide bonds. The summed E-state index contributed by atoms with van der Waals surface area (Å²) in [5.41, 5.74) is 17.7. The van der Waals surface area contributed by atoms with Crippen LogP contribution in [-0.4, -0.2) is 30.7 Å². The number of allylic oxidation sites excluding steroid dienone is 2. The van der Waals surface area contributed by atoms with E-state index < -0.39 is 5.66 Å². The maximum Gasteiger partial charge on any atom is 0.116 e. The molecule has 1 saturated carbocycles. The highest BCUT2D eigenvalue weighted by Gasteiger charge is 2.37. The summed E-state index contributed by atoms with van der Waals surface area (Å²) < 4.78 is 0. The molecule has 5 nitrogen and oxygen atoms in total. The summed E-state index contributed by atoms with van der Waals surface area (Å²) in [6, 6.07) is 8.82. The third-order valence-corrected chi connectivity index (χ3v) is 5.80. The van der Waals surface area contributed by atoms with Gasteiger partial charge in [0.15, 0.2) is 0 Å². The van der Waals surface area contributed by atoms with E-state index >= 15 is 0 Å². The van der Waals surface area contributed by atoms with Crippen LogP contribution in [0.15, 0.2) is 45.6 Å². The van der Waals surface area contributed by atoms with Crippen LogP contribution in [-0.2, 0) is 0 Å². The number of aliphatic imine (C=N–C) groups is 2. The number of benzene rings is 1. The minimum Gasteiger partial charge on any atom is -0.400 e. The van der Waals surface area contributed by atoms with E-state index in [1.807, 2.05) is 20.9 Å². The topological polar surface area (TPSA) is 88.8 Å². The second-order valence-corrected chi connectivity index (χ2v) is 7.77. The standard InChI is InChI=1S/C22H33N5/c1-4-26-19-14-22(24,25-3)21(27-20(19)15(2)23)18-12-10-17(11-13-18)16-8-6-5-7-9-16/h10-13,16,25H,4-9,14,23-24H2,1-3H3/b20-15-,26-19-. The van der Waals surface area contributed by atoms with Crippen LogP contribution in [0.3, 0.4) is 0 Å². The lowest BCUT2D eigenvalue weighted by Crippen LogP contribution is -2.61. The molecule has 5 N–H and O–H groups in total. The van der Waals surface area contributed by atoms with Gasteiger partial charge in [0, 0.05) is 18.7 Å². The van der Waals surface area contributed by atoms with Gasteiger partial charge in [0.05, 0.1) is 11.4 Å². The van der Waals surface area contributed by atoms with Crippen molar-refractivity contribution in [1.29, 1.82) is 0 Å². The zero-order valence-electron chi connectivity index (χ0n) is 16.9. The lowest BCUT2D eigenvalue weighted by atomic mass is 9.82. The minimum absolute atomic E-state index is 0.574. The van der Waals surface area contributed by atoms with Crippen LogP contribution in [0.25, 0.3) is 0 Å². The summed E-state index contributed by atoms with van der Waals surface area (Å²) in [4.78, 5) is 9.46. The zero-order chi connectivity index (χ0) is 19.4. The zero-order valence-corrected chi connectivity index (χ0v) is 16.9. The lowest BCUT2D eigenvalue weighted by Gasteiger charge is -2.35. The number of nitrogens with zero attached hydrogens (tertiary/aromatic N) is 2. The number of nitrogens with two attached hydrogens (primary N) is 2. The molecule has 146 valence electrons. The number of likely N-dealkylation sites (N-methyl/N-ethyl adjacent to an activating group) is 1. The highest BCUT2D eigenvalue weighted by Crippen LogP contribution is 2.33. The Bertz CT molecular complexity index is 749. The van der Waals surface area contributed by atoms with Gasteiger partial charge < -0.3 is 11.5 Å². The van der Waals surface area contributed by atoms with E-state index in [4.69, 9.17) is 16.5 Å². The quantitative estimate of drug-likeness (QED) is 0.712. The summed E-state index contributed by atoms with van der Waals surface area (Å²) in [6.07, 6.45) is 7.23. The van der Waals surface area contributed by atoms with Crippen LogP contribution in [0, 0.1) is 0 Å². The molecule has 0 saturated heterocycles. The normalized spacial score (nSPS) is 27.6. The highest BCUT2D eigenvalue weighted by molar-refractivity contribution is 6.17. The maximum atomic E-state index is 6.71. The molecule has 27 heavy (non-hydrogen) atoms. The molecule has 1 aromatic rings. The van der Waals surface area contributed by atoms with Crippen LogP contribution < -0.4 is 16.8 Å². The molecule has 1 aliphatic carbocycles. The van der Waals surface area contributed by atoms with Gasteiger partial charge in [-0.15, -0.1) is 0 Å². The van der Waals surface area contributed by atoms with E-state index in [0.29, 0.717) is 24.6 Å². The Labute approximate surface area is 163 Å². The molecule has 0 radical (unpaired) electrons. The molecular weight excluding hydrogens is 334 g/mol. The first-order valence-corrected chi connectivity index (χ1v) is 10.2. The van der Waals surface area contributed by atoms with Crippen LogP contribution in [0.5, 0.6) is 0 Å². The van der Waals surface area contributed by atoms with Gasteiger partial charge in [-0.2, -0.15) is 0 Å². The third-order valence-electron chi connectivity index (χ3n) is 5.80. The second kappa shape index (κ2) is 8.36. The number of rotatable bonds is 4. The number of hydrogen-bond acceptors (Lipinski definition) is 5. The van der Waals surface area contributed by atoms with Crippen molar-refractivity contribution in [2.24, 2.45) is 21.5 Å².